The van der Waals surface area contributed by atoms with Crippen molar-refractivity contribution in [2.75, 3.05) is 0 Å². The number of rotatable bonds is 6. The summed E-state index contributed by atoms with van der Waals surface area (Å²) in [5, 5.41) is 0. The number of thiocarbonyl (C=S) groups is 1. The number of nitrogens with one attached hydrogen (secondary N) is 1. The summed E-state index contributed by atoms with van der Waals surface area (Å²) in [5.74, 6) is -0.993. The fourth-order valence-electron chi connectivity index (χ4n) is 1.80. The van der Waals surface area contributed by atoms with Crippen molar-refractivity contribution in [1.29, 1.82) is 0 Å². The van der Waals surface area contributed by atoms with Crippen molar-refractivity contribution in [3.05, 3.63) is 29.3 Å². The Hall–Kier alpha value is -1.51. The van der Waals surface area contributed by atoms with Gasteiger partial charge in [0.2, 0.25) is 15.9 Å². The lowest BCUT2D eigenvalue weighted by Gasteiger charge is -2.20. The van der Waals surface area contributed by atoms with Crippen LogP contribution in [0.1, 0.15) is 25.0 Å². The van der Waals surface area contributed by atoms with Crippen molar-refractivity contribution in [3.8, 4) is 0 Å². The molecule has 1 rings (SSSR count). The molecule has 0 spiro atoms. The number of carbonyl (C=O) groups is 1. The summed E-state index contributed by atoms with van der Waals surface area (Å²) in [6.45, 7) is 5.05. The average Bonchev–Trinajstić information content (AvgIpc) is 2.35. The van der Waals surface area contributed by atoms with E-state index >= 15 is 0 Å². The number of nitrogens with two attached hydrogens (primary N) is 2. The first kappa shape index (κ1) is 17.5. The van der Waals surface area contributed by atoms with Crippen LogP contribution < -0.4 is 16.2 Å². The van der Waals surface area contributed by atoms with E-state index < -0.39 is 22.0 Å². The van der Waals surface area contributed by atoms with Crippen molar-refractivity contribution in [2.24, 2.45) is 17.4 Å². The second-order valence-corrected chi connectivity index (χ2v) is 7.21. The lowest BCUT2D eigenvalue weighted by molar-refractivity contribution is -0.120. The van der Waals surface area contributed by atoms with Gasteiger partial charge < -0.3 is 11.5 Å². The number of aryl methyl sites for hydroxylation is 1. The van der Waals surface area contributed by atoms with Gasteiger partial charge in [0.15, 0.2) is 0 Å². The summed E-state index contributed by atoms with van der Waals surface area (Å²) in [6.07, 6.45) is 0. The number of hydrogen-bond acceptors (Lipinski definition) is 4. The first-order valence-electron chi connectivity index (χ1n) is 6.28. The molecule has 0 aliphatic carbocycles. The first-order valence-corrected chi connectivity index (χ1v) is 8.17. The predicted octanol–water partition coefficient (Wildman–Crippen LogP) is 0.417. The van der Waals surface area contributed by atoms with Gasteiger partial charge >= 0.3 is 0 Å². The largest absolute Gasteiger partial charge is 0.389 e. The molecular formula is C13H19N3O3S2. The second kappa shape index (κ2) is 6.50. The third kappa shape index (κ3) is 4.23. The van der Waals surface area contributed by atoms with Gasteiger partial charge in [0.25, 0.3) is 0 Å². The third-order valence-electron chi connectivity index (χ3n) is 3.02. The molecule has 0 saturated heterocycles. The van der Waals surface area contributed by atoms with Gasteiger partial charge in [-0.1, -0.05) is 38.2 Å². The fraction of sp³-hybridized carbons (Fsp3) is 0.385. The van der Waals surface area contributed by atoms with E-state index in [1.54, 1.807) is 32.9 Å². The molecule has 0 fully saturated rings. The van der Waals surface area contributed by atoms with E-state index in [1.807, 2.05) is 0 Å². The maximum Gasteiger partial charge on any atom is 0.241 e. The summed E-state index contributed by atoms with van der Waals surface area (Å²) in [5.41, 5.74) is 11.7. The minimum atomic E-state index is -3.90. The maximum atomic E-state index is 12.4. The zero-order chi connectivity index (χ0) is 16.4. The van der Waals surface area contributed by atoms with Crippen LogP contribution in [0.4, 0.5) is 0 Å². The number of carbonyl (C=O) groups excluding carboxylic acids is 1. The summed E-state index contributed by atoms with van der Waals surface area (Å²) in [7, 11) is -3.90. The minimum absolute atomic E-state index is 0.0275. The molecule has 116 valence electrons. The second-order valence-electron chi connectivity index (χ2n) is 5.09. The molecule has 0 bridgehead atoms. The predicted molar refractivity (Wildman–Crippen MR) is 85.2 cm³/mol. The molecule has 0 aliphatic heterocycles. The number of primary amides is 1. The molecule has 1 unspecified atom stereocenters. The summed E-state index contributed by atoms with van der Waals surface area (Å²) >= 11 is 4.85. The molecule has 8 heteroatoms. The van der Waals surface area contributed by atoms with Gasteiger partial charge in [-0.2, -0.15) is 4.72 Å². The summed E-state index contributed by atoms with van der Waals surface area (Å²) < 4.78 is 27.2. The maximum absolute atomic E-state index is 12.4. The third-order valence-corrected chi connectivity index (χ3v) is 4.84. The summed E-state index contributed by atoms with van der Waals surface area (Å²) in [6, 6.07) is 3.66. The van der Waals surface area contributed by atoms with Crippen molar-refractivity contribution >= 4 is 33.1 Å². The van der Waals surface area contributed by atoms with Crippen LogP contribution in [0, 0.1) is 12.8 Å². The van der Waals surface area contributed by atoms with Crippen LogP contribution in [0.15, 0.2) is 23.1 Å². The zero-order valence-corrected chi connectivity index (χ0v) is 13.7. The van der Waals surface area contributed by atoms with Gasteiger partial charge in [-0.25, -0.2) is 8.42 Å². The van der Waals surface area contributed by atoms with E-state index in [0.717, 1.165) is 0 Å². The molecule has 0 aromatic heterocycles. The van der Waals surface area contributed by atoms with Crippen molar-refractivity contribution < 1.29 is 13.2 Å². The Labute approximate surface area is 129 Å². The van der Waals surface area contributed by atoms with Crippen LogP contribution in [0.25, 0.3) is 0 Å². The van der Waals surface area contributed by atoms with E-state index in [1.165, 1.54) is 6.07 Å². The molecular weight excluding hydrogens is 310 g/mol. The molecule has 5 N–H and O–H groups in total. The highest BCUT2D eigenvalue weighted by atomic mass is 32.2. The highest BCUT2D eigenvalue weighted by Crippen LogP contribution is 2.18. The van der Waals surface area contributed by atoms with Gasteiger partial charge in [0.1, 0.15) is 11.0 Å². The van der Waals surface area contributed by atoms with E-state index in [0.29, 0.717) is 11.1 Å². The zero-order valence-electron chi connectivity index (χ0n) is 12.1. The molecule has 21 heavy (non-hydrogen) atoms. The molecule has 6 nitrogen and oxygen atoms in total. The Kier molecular flexibility index (Phi) is 5.43. The highest BCUT2D eigenvalue weighted by molar-refractivity contribution is 7.89. The van der Waals surface area contributed by atoms with E-state index in [9.17, 15) is 13.2 Å². The monoisotopic (exact) mass is 329 g/mol. The molecule has 0 aliphatic rings. The van der Waals surface area contributed by atoms with E-state index in [2.05, 4.69) is 4.72 Å². The highest BCUT2D eigenvalue weighted by Gasteiger charge is 2.27. The SMILES string of the molecule is Cc1ccc(C(N)=S)cc1S(=O)(=O)NC(C(N)=O)C(C)C. The van der Waals surface area contributed by atoms with Crippen LogP contribution in [-0.2, 0) is 14.8 Å². The normalized spacial score (nSPS) is 13.1. The molecule has 1 amide bonds. The van der Waals surface area contributed by atoms with Crippen LogP contribution in [0.5, 0.6) is 0 Å². The van der Waals surface area contributed by atoms with Crippen molar-refractivity contribution in [1.82, 2.24) is 4.72 Å². The van der Waals surface area contributed by atoms with Gasteiger partial charge in [0, 0.05) is 5.56 Å². The molecule has 1 aromatic carbocycles. The van der Waals surface area contributed by atoms with Crippen LogP contribution in [-0.4, -0.2) is 25.4 Å². The number of benzene rings is 1. The lowest BCUT2D eigenvalue weighted by atomic mass is 10.1. The lowest BCUT2D eigenvalue weighted by Crippen LogP contribution is -2.47. The molecule has 1 atom stereocenters. The molecule has 0 heterocycles. The van der Waals surface area contributed by atoms with Gasteiger partial charge in [0.05, 0.1) is 4.90 Å². The number of hydrogen-bond donors (Lipinski definition) is 3. The van der Waals surface area contributed by atoms with Gasteiger partial charge in [-0.3, -0.25) is 4.79 Å². The van der Waals surface area contributed by atoms with Crippen molar-refractivity contribution in [2.45, 2.75) is 31.7 Å². The van der Waals surface area contributed by atoms with Gasteiger partial charge in [-0.05, 0) is 24.5 Å². The van der Waals surface area contributed by atoms with E-state index in [4.69, 9.17) is 23.7 Å². The molecule has 1 aromatic rings. The standard InChI is InChI=1S/C13H19N3O3S2/c1-7(2)11(12(14)17)16-21(18,19)10-6-9(13(15)20)5-4-8(10)3/h4-7,11,16H,1-3H3,(H2,14,17)(H2,15,20). The Balaban J connectivity index is 3.27. The summed E-state index contributed by atoms with van der Waals surface area (Å²) in [4.78, 5) is 11.5. The minimum Gasteiger partial charge on any atom is -0.389 e. The van der Waals surface area contributed by atoms with Crippen LogP contribution >= 0.6 is 12.2 Å². The number of sulfonamides is 1. The average molecular weight is 329 g/mol. The first-order chi connectivity index (χ1) is 9.56. The van der Waals surface area contributed by atoms with Crippen LogP contribution in [0.2, 0.25) is 0 Å². The number of amides is 1. The molecule has 0 radical (unpaired) electrons. The van der Waals surface area contributed by atoms with Crippen molar-refractivity contribution in [3.63, 3.8) is 0 Å². The fourth-order valence-corrected chi connectivity index (χ4v) is 3.55. The van der Waals surface area contributed by atoms with E-state index in [-0.39, 0.29) is 15.8 Å². The van der Waals surface area contributed by atoms with Gasteiger partial charge in [-0.15, -0.1) is 0 Å². The quantitative estimate of drug-likeness (QED) is 0.654. The van der Waals surface area contributed by atoms with Crippen LogP contribution in [0.3, 0.4) is 0 Å². The Morgan fingerprint density at radius 2 is 1.86 bits per heavy atom. The topological polar surface area (TPSA) is 115 Å². The molecule has 0 saturated carbocycles. The Bertz CT molecular complexity index is 669. The Morgan fingerprint density at radius 3 is 2.29 bits per heavy atom. The smallest absolute Gasteiger partial charge is 0.241 e. The Morgan fingerprint density at radius 1 is 1.29 bits per heavy atom.